The molecule has 0 unspecified atom stereocenters. The number of para-hydroxylation sites is 1. The van der Waals surface area contributed by atoms with Crippen LogP contribution < -0.4 is 10.1 Å². The van der Waals surface area contributed by atoms with Gasteiger partial charge < -0.3 is 14.6 Å². The normalized spacial score (nSPS) is 14.0. The fraction of sp³-hybridized carbons (Fsp3) is 0.438. The van der Waals surface area contributed by atoms with Crippen molar-refractivity contribution in [2.24, 2.45) is 0 Å². The summed E-state index contributed by atoms with van der Waals surface area (Å²) in [6, 6.07) is 7.07. The lowest BCUT2D eigenvalue weighted by atomic mass is 10.2. The Kier molecular flexibility index (Phi) is 5.12. The molecule has 0 aliphatic carbocycles. The van der Waals surface area contributed by atoms with Gasteiger partial charge in [0.25, 0.3) is 5.91 Å². The SMILES string of the molecule is O=C(COc1ccccc1Cl)NCc1nnc2n1CCCCC2. The number of nitrogens with zero attached hydrogens (tertiary/aromatic N) is 3. The first-order valence-corrected chi connectivity index (χ1v) is 8.17. The maximum Gasteiger partial charge on any atom is 0.258 e. The van der Waals surface area contributed by atoms with Crippen LogP contribution in [0.4, 0.5) is 0 Å². The van der Waals surface area contributed by atoms with Gasteiger partial charge >= 0.3 is 0 Å². The third-order valence-electron chi connectivity index (χ3n) is 3.83. The number of benzene rings is 1. The standard InChI is InChI=1S/C16H19ClN4O2/c17-12-6-3-4-7-13(12)23-11-16(22)18-10-15-20-19-14-8-2-1-5-9-21(14)15/h3-4,6-7H,1-2,5,8-11H2,(H,18,22). The summed E-state index contributed by atoms with van der Waals surface area (Å²) in [5.41, 5.74) is 0. The molecule has 1 aromatic carbocycles. The Balaban J connectivity index is 1.51. The van der Waals surface area contributed by atoms with E-state index < -0.39 is 0 Å². The number of halogens is 1. The number of hydrogen-bond acceptors (Lipinski definition) is 4. The number of fused-ring (bicyclic) bond motifs is 1. The third-order valence-corrected chi connectivity index (χ3v) is 4.14. The number of rotatable bonds is 5. The quantitative estimate of drug-likeness (QED) is 0.911. The molecule has 1 amide bonds. The maximum absolute atomic E-state index is 11.9. The second-order valence-electron chi connectivity index (χ2n) is 5.49. The molecular weight excluding hydrogens is 316 g/mol. The summed E-state index contributed by atoms with van der Waals surface area (Å²) in [6.07, 6.45) is 4.44. The number of hydrogen-bond donors (Lipinski definition) is 1. The zero-order chi connectivity index (χ0) is 16.1. The Morgan fingerprint density at radius 1 is 1.26 bits per heavy atom. The molecule has 2 heterocycles. The number of nitrogens with one attached hydrogen (secondary N) is 1. The second kappa shape index (κ2) is 7.46. The van der Waals surface area contributed by atoms with Crippen molar-refractivity contribution in [3.63, 3.8) is 0 Å². The smallest absolute Gasteiger partial charge is 0.258 e. The Morgan fingerprint density at radius 2 is 2.13 bits per heavy atom. The van der Waals surface area contributed by atoms with Gasteiger partial charge in [-0.05, 0) is 25.0 Å². The van der Waals surface area contributed by atoms with Crippen LogP contribution in [-0.2, 0) is 24.3 Å². The largest absolute Gasteiger partial charge is 0.482 e. The Bertz CT molecular complexity index is 686. The number of aromatic nitrogens is 3. The van der Waals surface area contributed by atoms with Crippen molar-refractivity contribution in [2.75, 3.05) is 6.61 Å². The van der Waals surface area contributed by atoms with E-state index in [2.05, 4.69) is 20.1 Å². The van der Waals surface area contributed by atoms with Crippen LogP contribution in [0.25, 0.3) is 0 Å². The summed E-state index contributed by atoms with van der Waals surface area (Å²) < 4.78 is 7.53. The first-order chi connectivity index (χ1) is 11.2. The van der Waals surface area contributed by atoms with Crippen molar-refractivity contribution >= 4 is 17.5 Å². The first kappa shape index (κ1) is 15.8. The Labute approximate surface area is 139 Å². The highest BCUT2D eigenvalue weighted by Gasteiger charge is 2.15. The highest BCUT2D eigenvalue weighted by molar-refractivity contribution is 6.32. The number of amides is 1. The van der Waals surface area contributed by atoms with Crippen molar-refractivity contribution in [3.05, 3.63) is 40.9 Å². The van der Waals surface area contributed by atoms with Crippen LogP contribution in [0.5, 0.6) is 5.75 Å². The van der Waals surface area contributed by atoms with Gasteiger partial charge in [-0.3, -0.25) is 4.79 Å². The summed E-state index contributed by atoms with van der Waals surface area (Å²) in [4.78, 5) is 11.9. The van der Waals surface area contributed by atoms with E-state index in [1.54, 1.807) is 12.1 Å². The lowest BCUT2D eigenvalue weighted by Crippen LogP contribution is -2.29. The van der Waals surface area contributed by atoms with E-state index >= 15 is 0 Å². The molecule has 7 heteroatoms. The number of carbonyl (C=O) groups is 1. The van der Waals surface area contributed by atoms with Crippen molar-refractivity contribution in [2.45, 2.75) is 38.8 Å². The average Bonchev–Trinajstić information content (AvgIpc) is 2.78. The van der Waals surface area contributed by atoms with E-state index in [9.17, 15) is 4.79 Å². The molecule has 122 valence electrons. The van der Waals surface area contributed by atoms with Crippen LogP contribution in [-0.4, -0.2) is 27.3 Å². The fourth-order valence-electron chi connectivity index (χ4n) is 2.61. The average molecular weight is 335 g/mol. The van der Waals surface area contributed by atoms with Gasteiger partial charge in [-0.25, -0.2) is 0 Å². The van der Waals surface area contributed by atoms with E-state index in [0.29, 0.717) is 17.3 Å². The second-order valence-corrected chi connectivity index (χ2v) is 5.90. The van der Waals surface area contributed by atoms with Crippen LogP contribution in [0, 0.1) is 0 Å². The molecule has 1 aromatic heterocycles. The first-order valence-electron chi connectivity index (χ1n) is 7.79. The van der Waals surface area contributed by atoms with Crippen LogP contribution in [0.2, 0.25) is 5.02 Å². The van der Waals surface area contributed by atoms with E-state index in [0.717, 1.165) is 37.5 Å². The fourth-order valence-corrected chi connectivity index (χ4v) is 2.80. The minimum atomic E-state index is -0.212. The van der Waals surface area contributed by atoms with Crippen molar-refractivity contribution < 1.29 is 9.53 Å². The van der Waals surface area contributed by atoms with Crippen LogP contribution >= 0.6 is 11.6 Å². The summed E-state index contributed by atoms with van der Waals surface area (Å²) in [5, 5.41) is 11.7. The predicted octanol–water partition coefficient (Wildman–Crippen LogP) is 2.35. The molecule has 1 aliphatic rings. The molecule has 0 atom stereocenters. The van der Waals surface area contributed by atoms with Gasteiger partial charge in [0.05, 0.1) is 11.6 Å². The molecule has 1 N–H and O–H groups in total. The van der Waals surface area contributed by atoms with Gasteiger partial charge in [0.2, 0.25) is 0 Å². The van der Waals surface area contributed by atoms with Gasteiger partial charge in [-0.15, -0.1) is 10.2 Å². The maximum atomic E-state index is 11.9. The minimum Gasteiger partial charge on any atom is -0.482 e. The van der Waals surface area contributed by atoms with Gasteiger partial charge in [0.15, 0.2) is 12.4 Å². The summed E-state index contributed by atoms with van der Waals surface area (Å²) in [6.45, 7) is 1.20. The summed E-state index contributed by atoms with van der Waals surface area (Å²) >= 11 is 5.98. The number of carbonyl (C=O) groups excluding carboxylic acids is 1. The van der Waals surface area contributed by atoms with Gasteiger partial charge in [-0.1, -0.05) is 30.2 Å². The third kappa shape index (κ3) is 4.01. The highest BCUT2D eigenvalue weighted by atomic mass is 35.5. The van der Waals surface area contributed by atoms with Crippen LogP contribution in [0.1, 0.15) is 30.9 Å². The number of aryl methyl sites for hydroxylation is 1. The molecule has 0 saturated carbocycles. The molecule has 2 aromatic rings. The molecule has 0 saturated heterocycles. The molecule has 23 heavy (non-hydrogen) atoms. The molecule has 0 bridgehead atoms. The topological polar surface area (TPSA) is 69.0 Å². The lowest BCUT2D eigenvalue weighted by molar-refractivity contribution is -0.123. The Morgan fingerprint density at radius 3 is 3.00 bits per heavy atom. The summed E-state index contributed by atoms with van der Waals surface area (Å²) in [5.74, 6) is 2.10. The molecule has 0 spiro atoms. The molecule has 0 radical (unpaired) electrons. The van der Waals surface area contributed by atoms with Crippen molar-refractivity contribution in [1.82, 2.24) is 20.1 Å². The van der Waals surface area contributed by atoms with Crippen LogP contribution in [0.15, 0.2) is 24.3 Å². The lowest BCUT2D eigenvalue weighted by Gasteiger charge is -2.09. The molecule has 1 aliphatic heterocycles. The monoisotopic (exact) mass is 334 g/mol. The van der Waals surface area contributed by atoms with Gasteiger partial charge in [0, 0.05) is 13.0 Å². The van der Waals surface area contributed by atoms with Gasteiger partial charge in [-0.2, -0.15) is 0 Å². The zero-order valence-corrected chi connectivity index (χ0v) is 13.6. The zero-order valence-electron chi connectivity index (χ0n) is 12.8. The molecule has 0 fully saturated rings. The summed E-state index contributed by atoms with van der Waals surface area (Å²) in [7, 11) is 0. The van der Waals surface area contributed by atoms with Gasteiger partial charge in [0.1, 0.15) is 11.6 Å². The van der Waals surface area contributed by atoms with Crippen molar-refractivity contribution in [3.8, 4) is 5.75 Å². The van der Waals surface area contributed by atoms with E-state index in [4.69, 9.17) is 16.3 Å². The van der Waals surface area contributed by atoms with Crippen molar-refractivity contribution in [1.29, 1.82) is 0 Å². The highest BCUT2D eigenvalue weighted by Crippen LogP contribution is 2.22. The number of ether oxygens (including phenoxy) is 1. The Hall–Kier alpha value is -2.08. The molecule has 3 rings (SSSR count). The molecular formula is C16H19ClN4O2. The predicted molar refractivity (Wildman–Crippen MR) is 86.4 cm³/mol. The minimum absolute atomic E-state index is 0.0786. The van der Waals surface area contributed by atoms with E-state index in [1.807, 2.05) is 12.1 Å². The van der Waals surface area contributed by atoms with Crippen LogP contribution in [0.3, 0.4) is 0 Å². The van der Waals surface area contributed by atoms with E-state index in [-0.39, 0.29) is 12.5 Å². The molecule has 6 nitrogen and oxygen atoms in total. The van der Waals surface area contributed by atoms with E-state index in [1.165, 1.54) is 6.42 Å².